The van der Waals surface area contributed by atoms with Gasteiger partial charge in [-0.25, -0.2) is 0 Å². The van der Waals surface area contributed by atoms with Crippen LogP contribution in [0.5, 0.6) is 0 Å². The first kappa shape index (κ1) is 11.7. The lowest BCUT2D eigenvalue weighted by molar-refractivity contribution is 0.0674. The zero-order chi connectivity index (χ0) is 11.5. The van der Waals surface area contributed by atoms with Crippen LogP contribution < -0.4 is 5.32 Å². The fourth-order valence-corrected chi connectivity index (χ4v) is 2.40. The summed E-state index contributed by atoms with van der Waals surface area (Å²) in [6.07, 6.45) is 0. The van der Waals surface area contributed by atoms with E-state index in [1.807, 2.05) is 18.2 Å². The first-order valence-electron chi connectivity index (χ1n) is 5.06. The molecule has 1 aliphatic rings. The number of rotatable bonds is 1. The van der Waals surface area contributed by atoms with Gasteiger partial charge in [0.25, 0.3) is 5.91 Å². The quantitative estimate of drug-likeness (QED) is 0.616. The van der Waals surface area contributed by atoms with Gasteiger partial charge in [0, 0.05) is 18.7 Å². The molecule has 0 radical (unpaired) electrons. The maximum atomic E-state index is 12.1. The largest absolute Gasteiger partial charge is 0.310 e. The Morgan fingerprint density at radius 1 is 1.19 bits per heavy atom. The monoisotopic (exact) mass is 258 g/mol. The lowest BCUT2D eigenvalue weighted by Crippen LogP contribution is -2.55. The van der Waals surface area contributed by atoms with Crippen molar-refractivity contribution in [2.45, 2.75) is 11.0 Å². The fraction of sp³-hybridized carbons (Fsp3) is 0.364. The molecule has 1 amide bonds. The highest BCUT2D eigenvalue weighted by molar-refractivity contribution is 6.25. The maximum absolute atomic E-state index is 12.1. The maximum Gasteiger partial charge on any atom is 0.256 e. The molecule has 0 saturated carbocycles. The van der Waals surface area contributed by atoms with E-state index in [0.717, 1.165) is 0 Å². The van der Waals surface area contributed by atoms with E-state index in [-0.39, 0.29) is 5.91 Å². The van der Waals surface area contributed by atoms with Crippen molar-refractivity contribution in [3.63, 3.8) is 0 Å². The Morgan fingerprint density at radius 2 is 1.75 bits per heavy atom. The van der Waals surface area contributed by atoms with Crippen LogP contribution in [0.3, 0.4) is 0 Å². The summed E-state index contributed by atoms with van der Waals surface area (Å²) in [5.74, 6) is -0.123. The second-order valence-electron chi connectivity index (χ2n) is 3.61. The van der Waals surface area contributed by atoms with Gasteiger partial charge in [-0.2, -0.15) is 0 Å². The van der Waals surface area contributed by atoms with E-state index in [4.69, 9.17) is 23.2 Å². The van der Waals surface area contributed by atoms with Crippen LogP contribution in [-0.4, -0.2) is 34.9 Å². The van der Waals surface area contributed by atoms with Gasteiger partial charge in [0.05, 0.1) is 0 Å². The van der Waals surface area contributed by atoms with E-state index in [2.05, 4.69) is 5.32 Å². The van der Waals surface area contributed by atoms with Gasteiger partial charge in [-0.3, -0.25) is 4.79 Å². The number of piperazine rings is 1. The molecule has 1 aromatic carbocycles. The van der Waals surface area contributed by atoms with Crippen LogP contribution in [0.15, 0.2) is 30.3 Å². The highest BCUT2D eigenvalue weighted by Crippen LogP contribution is 2.19. The van der Waals surface area contributed by atoms with Gasteiger partial charge >= 0.3 is 0 Å². The Morgan fingerprint density at radius 3 is 2.31 bits per heavy atom. The molecular formula is C11H12Cl2N2O. The summed E-state index contributed by atoms with van der Waals surface area (Å²) in [5.41, 5.74) is -0.186. The standard InChI is InChI=1S/C11H12Cl2N2O/c12-9-6-14-7-10(13)15(9)11(16)8-4-2-1-3-5-8/h1-5,9-10,14H,6-7H2. The van der Waals surface area contributed by atoms with E-state index >= 15 is 0 Å². The molecule has 3 nitrogen and oxygen atoms in total. The highest BCUT2D eigenvalue weighted by atomic mass is 35.5. The average Bonchev–Trinajstić information content (AvgIpc) is 2.30. The van der Waals surface area contributed by atoms with Crippen molar-refractivity contribution in [1.82, 2.24) is 10.2 Å². The number of amides is 1. The number of alkyl halides is 2. The molecule has 0 aromatic heterocycles. The average molecular weight is 259 g/mol. The van der Waals surface area contributed by atoms with Crippen molar-refractivity contribution in [3.8, 4) is 0 Å². The highest BCUT2D eigenvalue weighted by Gasteiger charge is 2.32. The van der Waals surface area contributed by atoms with Gasteiger partial charge in [-0.15, -0.1) is 0 Å². The van der Waals surface area contributed by atoms with Gasteiger partial charge in [0.2, 0.25) is 0 Å². The fourth-order valence-electron chi connectivity index (χ4n) is 1.68. The van der Waals surface area contributed by atoms with E-state index in [0.29, 0.717) is 18.7 Å². The van der Waals surface area contributed by atoms with Crippen LogP contribution in [-0.2, 0) is 0 Å². The van der Waals surface area contributed by atoms with Crippen molar-refractivity contribution in [2.24, 2.45) is 0 Å². The van der Waals surface area contributed by atoms with Crippen LogP contribution >= 0.6 is 23.2 Å². The minimum atomic E-state index is -0.399. The summed E-state index contributed by atoms with van der Waals surface area (Å²) in [6, 6.07) is 9.03. The van der Waals surface area contributed by atoms with E-state index in [1.54, 1.807) is 12.1 Å². The molecule has 16 heavy (non-hydrogen) atoms. The molecule has 1 fully saturated rings. The molecule has 1 aromatic rings. The molecule has 1 heterocycles. The second-order valence-corrected chi connectivity index (χ2v) is 4.61. The summed E-state index contributed by atoms with van der Waals surface area (Å²) < 4.78 is 0. The molecule has 1 N–H and O–H groups in total. The number of halogens is 2. The second kappa shape index (κ2) is 5.04. The molecule has 1 saturated heterocycles. The van der Waals surface area contributed by atoms with Crippen molar-refractivity contribution in [1.29, 1.82) is 0 Å². The molecular weight excluding hydrogens is 247 g/mol. The predicted octanol–water partition coefficient (Wildman–Crippen LogP) is 1.86. The topological polar surface area (TPSA) is 32.3 Å². The normalized spacial score (nSPS) is 25.5. The van der Waals surface area contributed by atoms with Gasteiger partial charge in [0.1, 0.15) is 11.0 Å². The first-order valence-corrected chi connectivity index (χ1v) is 5.94. The first-order chi connectivity index (χ1) is 7.70. The Hall–Kier alpha value is -0.770. The van der Waals surface area contributed by atoms with Gasteiger partial charge in [-0.05, 0) is 12.1 Å². The number of hydrogen-bond acceptors (Lipinski definition) is 2. The number of nitrogens with zero attached hydrogens (tertiary/aromatic N) is 1. The number of carbonyl (C=O) groups is 1. The van der Waals surface area contributed by atoms with Gasteiger partial charge in [-0.1, -0.05) is 41.4 Å². The van der Waals surface area contributed by atoms with Crippen LogP contribution in [0.25, 0.3) is 0 Å². The molecule has 5 heteroatoms. The minimum Gasteiger partial charge on any atom is -0.310 e. The smallest absolute Gasteiger partial charge is 0.256 e. The van der Waals surface area contributed by atoms with Gasteiger partial charge in [0.15, 0.2) is 0 Å². The van der Waals surface area contributed by atoms with Crippen LogP contribution in [0.2, 0.25) is 0 Å². The molecule has 2 rings (SSSR count). The molecule has 1 aliphatic heterocycles. The lowest BCUT2D eigenvalue weighted by atomic mass is 10.2. The van der Waals surface area contributed by atoms with Crippen molar-refractivity contribution in [2.75, 3.05) is 13.1 Å². The zero-order valence-electron chi connectivity index (χ0n) is 8.57. The number of hydrogen-bond donors (Lipinski definition) is 1. The van der Waals surface area contributed by atoms with Gasteiger partial charge < -0.3 is 10.2 Å². The Kier molecular flexibility index (Phi) is 3.69. The van der Waals surface area contributed by atoms with Crippen LogP contribution in [0.1, 0.15) is 10.4 Å². The molecule has 86 valence electrons. The molecule has 2 unspecified atom stereocenters. The molecule has 0 aliphatic carbocycles. The van der Waals surface area contributed by atoms with E-state index in [1.165, 1.54) is 4.90 Å². The molecule has 0 bridgehead atoms. The third-order valence-electron chi connectivity index (χ3n) is 2.48. The third kappa shape index (κ3) is 2.32. The Bertz CT molecular complexity index is 362. The number of carbonyl (C=O) groups excluding carboxylic acids is 1. The summed E-state index contributed by atoms with van der Waals surface area (Å²) in [6.45, 7) is 1.12. The SMILES string of the molecule is O=C(c1ccccc1)N1C(Cl)CNCC1Cl. The molecule has 2 atom stereocenters. The van der Waals surface area contributed by atoms with E-state index < -0.39 is 11.0 Å². The Balaban J connectivity index is 2.20. The number of nitrogens with one attached hydrogen (secondary N) is 1. The zero-order valence-corrected chi connectivity index (χ0v) is 10.1. The van der Waals surface area contributed by atoms with E-state index in [9.17, 15) is 4.79 Å². The predicted molar refractivity (Wildman–Crippen MR) is 64.8 cm³/mol. The van der Waals surface area contributed by atoms with Crippen molar-refractivity contribution in [3.05, 3.63) is 35.9 Å². The summed E-state index contributed by atoms with van der Waals surface area (Å²) >= 11 is 12.2. The lowest BCUT2D eigenvalue weighted by Gasteiger charge is -2.36. The van der Waals surface area contributed by atoms with Crippen LogP contribution in [0, 0.1) is 0 Å². The summed E-state index contributed by atoms with van der Waals surface area (Å²) in [7, 11) is 0. The summed E-state index contributed by atoms with van der Waals surface area (Å²) in [5, 5.41) is 3.06. The third-order valence-corrected chi connectivity index (χ3v) is 3.21. The Labute approximate surface area is 104 Å². The summed E-state index contributed by atoms with van der Waals surface area (Å²) in [4.78, 5) is 13.7. The van der Waals surface area contributed by atoms with Crippen molar-refractivity contribution < 1.29 is 4.79 Å². The van der Waals surface area contributed by atoms with Crippen molar-refractivity contribution >= 4 is 29.1 Å². The molecule has 0 spiro atoms. The number of benzene rings is 1. The van der Waals surface area contributed by atoms with Crippen LogP contribution in [0.4, 0.5) is 0 Å². The minimum absolute atomic E-state index is 0.123.